The van der Waals surface area contributed by atoms with Crippen molar-refractivity contribution in [2.75, 3.05) is 18.0 Å². The number of hydrogen-bond acceptors (Lipinski definition) is 4. The molecule has 1 saturated heterocycles. The van der Waals surface area contributed by atoms with Crippen LogP contribution >= 0.6 is 0 Å². The van der Waals surface area contributed by atoms with Gasteiger partial charge < -0.3 is 4.90 Å². The van der Waals surface area contributed by atoms with E-state index in [2.05, 4.69) is 52.3 Å². The van der Waals surface area contributed by atoms with E-state index in [0.29, 0.717) is 17.2 Å². The molecule has 3 heterocycles. The van der Waals surface area contributed by atoms with Crippen LogP contribution in [-0.2, 0) is 0 Å². The molecule has 1 aliphatic rings. The van der Waals surface area contributed by atoms with Crippen LogP contribution in [-0.4, -0.2) is 28.8 Å². The van der Waals surface area contributed by atoms with Gasteiger partial charge in [-0.3, -0.25) is 9.78 Å². The van der Waals surface area contributed by atoms with E-state index in [9.17, 15) is 4.79 Å². The summed E-state index contributed by atoms with van der Waals surface area (Å²) in [6, 6.07) is 24.7. The topological polar surface area (TPSA) is 46.1 Å². The zero-order valence-electron chi connectivity index (χ0n) is 17.7. The molecule has 0 saturated carbocycles. The molecule has 0 bridgehead atoms. The van der Waals surface area contributed by atoms with Crippen LogP contribution in [0.25, 0.3) is 10.8 Å². The molecule has 31 heavy (non-hydrogen) atoms. The second-order valence-electron chi connectivity index (χ2n) is 8.24. The maximum absolute atomic E-state index is 13.0. The number of hydrogen-bond donors (Lipinski definition) is 0. The maximum atomic E-state index is 13.0. The third-order valence-corrected chi connectivity index (χ3v) is 6.21. The van der Waals surface area contributed by atoms with Gasteiger partial charge >= 0.3 is 0 Å². The lowest BCUT2D eigenvalue weighted by Gasteiger charge is -2.34. The molecule has 1 aliphatic heterocycles. The number of carbonyl (C=O) groups is 1. The second-order valence-corrected chi connectivity index (χ2v) is 8.24. The number of fused-ring (bicyclic) bond motifs is 1. The quantitative estimate of drug-likeness (QED) is 0.400. The van der Waals surface area contributed by atoms with Gasteiger partial charge in [0, 0.05) is 37.9 Å². The van der Waals surface area contributed by atoms with Crippen LogP contribution in [0.2, 0.25) is 0 Å². The number of pyridine rings is 2. The number of rotatable bonds is 4. The number of aryl methyl sites for hydroxylation is 1. The molecule has 1 fully saturated rings. The highest BCUT2D eigenvalue weighted by Gasteiger charge is 2.23. The molecule has 2 aromatic carbocycles. The van der Waals surface area contributed by atoms with Crippen molar-refractivity contribution in [3.8, 4) is 0 Å². The van der Waals surface area contributed by atoms with E-state index in [1.54, 1.807) is 18.3 Å². The van der Waals surface area contributed by atoms with Gasteiger partial charge in [-0.1, -0.05) is 48.5 Å². The summed E-state index contributed by atoms with van der Waals surface area (Å²) in [7, 11) is 0. The first-order chi connectivity index (χ1) is 15.2. The van der Waals surface area contributed by atoms with E-state index >= 15 is 0 Å². The fraction of sp³-hybridized carbons (Fsp3) is 0.222. The largest absolute Gasteiger partial charge is 0.356 e. The summed E-state index contributed by atoms with van der Waals surface area (Å²) < 4.78 is 0. The number of anilines is 1. The Bertz CT molecular complexity index is 1260. The number of carbonyl (C=O) groups excluding carboxylic acids is 1. The molecule has 5 rings (SSSR count). The first kappa shape index (κ1) is 19.4. The minimum absolute atomic E-state index is 0. The van der Waals surface area contributed by atoms with Gasteiger partial charge in [-0.15, -0.1) is 0 Å². The van der Waals surface area contributed by atoms with E-state index < -0.39 is 0 Å². The highest BCUT2D eigenvalue weighted by Crippen LogP contribution is 2.31. The van der Waals surface area contributed by atoms with Crippen molar-refractivity contribution in [2.45, 2.75) is 25.7 Å². The summed E-state index contributed by atoms with van der Waals surface area (Å²) in [5, 5.41) is 2.56. The Labute approximate surface area is 184 Å². The predicted octanol–water partition coefficient (Wildman–Crippen LogP) is 5.80. The summed E-state index contributed by atoms with van der Waals surface area (Å²) in [6.07, 6.45) is 3.98. The third-order valence-electron chi connectivity index (χ3n) is 6.21. The van der Waals surface area contributed by atoms with Crippen LogP contribution in [0.1, 0.15) is 47.5 Å². The van der Waals surface area contributed by atoms with Gasteiger partial charge in [0.1, 0.15) is 11.5 Å². The normalized spacial score (nSPS) is 16.4. The third kappa shape index (κ3) is 3.93. The van der Waals surface area contributed by atoms with E-state index in [-0.39, 0.29) is 7.21 Å². The lowest BCUT2D eigenvalue weighted by Crippen LogP contribution is -2.35. The van der Waals surface area contributed by atoms with Gasteiger partial charge in [-0.05, 0) is 60.4 Å². The minimum atomic E-state index is -0.0736. The molecule has 0 radical (unpaired) electrons. The average molecular weight is 410 g/mol. The Morgan fingerprint density at radius 3 is 2.74 bits per heavy atom. The molecule has 4 nitrogen and oxygen atoms in total. The average Bonchev–Trinajstić information content (AvgIpc) is 2.84. The zero-order chi connectivity index (χ0) is 21.2. The first-order valence-electron chi connectivity index (χ1n) is 10.9. The molecule has 156 valence electrons. The fourth-order valence-corrected chi connectivity index (χ4v) is 4.51. The summed E-state index contributed by atoms with van der Waals surface area (Å²) in [4.78, 5) is 24.3. The fourth-order valence-electron chi connectivity index (χ4n) is 4.51. The molecule has 2 aromatic heterocycles. The standard InChI is InChI=1S/C27H25N3O.H2/c1-19-24(10-5-15-28-19)27(31)25-11-4-12-26(29-25)30-16-6-9-23(18-30)22-14-13-20-7-2-3-8-21(20)17-22;/h2-5,7-8,10-15,17,23H,6,9,16,18H2,1H3;1H. The molecular formula is C27H27N3O. The van der Waals surface area contributed by atoms with Gasteiger partial charge in [-0.2, -0.15) is 0 Å². The van der Waals surface area contributed by atoms with Crippen LogP contribution in [0.3, 0.4) is 0 Å². The van der Waals surface area contributed by atoms with E-state index in [0.717, 1.165) is 31.0 Å². The van der Waals surface area contributed by atoms with Crippen LogP contribution < -0.4 is 4.90 Å². The van der Waals surface area contributed by atoms with Crippen molar-refractivity contribution in [2.24, 2.45) is 0 Å². The Kier molecular flexibility index (Phi) is 5.21. The number of nitrogens with zero attached hydrogens (tertiary/aromatic N) is 3. The Hall–Kier alpha value is -3.53. The lowest BCUT2D eigenvalue weighted by atomic mass is 9.89. The van der Waals surface area contributed by atoms with E-state index in [1.807, 2.05) is 25.1 Å². The summed E-state index contributed by atoms with van der Waals surface area (Å²) in [6.45, 7) is 3.73. The van der Waals surface area contributed by atoms with E-state index in [1.165, 1.54) is 22.8 Å². The molecule has 1 atom stereocenters. The summed E-state index contributed by atoms with van der Waals surface area (Å²) >= 11 is 0. The van der Waals surface area contributed by atoms with Crippen LogP contribution in [0, 0.1) is 6.92 Å². The number of benzene rings is 2. The van der Waals surface area contributed by atoms with Gasteiger partial charge in [0.15, 0.2) is 0 Å². The van der Waals surface area contributed by atoms with Crippen molar-refractivity contribution >= 4 is 22.4 Å². The Morgan fingerprint density at radius 2 is 1.87 bits per heavy atom. The lowest BCUT2D eigenvalue weighted by molar-refractivity contribution is 0.103. The van der Waals surface area contributed by atoms with Crippen LogP contribution in [0.15, 0.2) is 79.0 Å². The van der Waals surface area contributed by atoms with Crippen molar-refractivity contribution in [3.63, 3.8) is 0 Å². The van der Waals surface area contributed by atoms with Crippen LogP contribution in [0.4, 0.5) is 5.82 Å². The van der Waals surface area contributed by atoms with Crippen LogP contribution in [0.5, 0.6) is 0 Å². The molecular weight excluding hydrogens is 382 g/mol. The number of aromatic nitrogens is 2. The first-order valence-corrected chi connectivity index (χ1v) is 10.9. The molecule has 1 unspecified atom stereocenters. The number of piperidine rings is 1. The molecule has 4 aromatic rings. The minimum Gasteiger partial charge on any atom is -0.356 e. The van der Waals surface area contributed by atoms with Crippen molar-refractivity contribution in [3.05, 3.63) is 102 Å². The van der Waals surface area contributed by atoms with Gasteiger partial charge in [0.2, 0.25) is 5.78 Å². The van der Waals surface area contributed by atoms with Gasteiger partial charge in [-0.25, -0.2) is 4.98 Å². The van der Waals surface area contributed by atoms with Gasteiger partial charge in [0.25, 0.3) is 0 Å². The summed E-state index contributed by atoms with van der Waals surface area (Å²) in [5.41, 5.74) is 3.19. The maximum Gasteiger partial charge on any atom is 0.213 e. The molecule has 4 heteroatoms. The monoisotopic (exact) mass is 409 g/mol. The molecule has 0 N–H and O–H groups in total. The van der Waals surface area contributed by atoms with Crippen molar-refractivity contribution in [1.29, 1.82) is 0 Å². The highest BCUT2D eigenvalue weighted by atomic mass is 16.1. The molecule has 0 aliphatic carbocycles. The Balaban J connectivity index is 0.00000245. The molecule has 0 spiro atoms. The Morgan fingerprint density at radius 1 is 1.00 bits per heavy atom. The SMILES string of the molecule is Cc1ncccc1C(=O)c1cccc(N2CCCC(c3ccc4ccccc4c3)C2)n1.[HH]. The van der Waals surface area contributed by atoms with Crippen molar-refractivity contribution in [1.82, 2.24) is 9.97 Å². The van der Waals surface area contributed by atoms with Crippen molar-refractivity contribution < 1.29 is 6.22 Å². The van der Waals surface area contributed by atoms with Gasteiger partial charge in [0.05, 0.1) is 0 Å². The zero-order valence-corrected chi connectivity index (χ0v) is 17.7. The summed E-state index contributed by atoms with van der Waals surface area (Å²) in [5.74, 6) is 1.26. The number of ketones is 1. The smallest absolute Gasteiger partial charge is 0.213 e. The molecule has 0 amide bonds. The second kappa shape index (κ2) is 8.31. The highest BCUT2D eigenvalue weighted by molar-refractivity contribution is 6.08. The van der Waals surface area contributed by atoms with E-state index in [4.69, 9.17) is 4.98 Å². The predicted molar refractivity (Wildman–Crippen MR) is 127 cm³/mol.